The molecule has 1 aromatic heterocycles. The van der Waals surface area contributed by atoms with Crippen molar-refractivity contribution in [3.63, 3.8) is 0 Å². The molecule has 0 saturated heterocycles. The van der Waals surface area contributed by atoms with Gasteiger partial charge in [0, 0.05) is 26.4 Å². The van der Waals surface area contributed by atoms with Crippen molar-refractivity contribution in [2.75, 3.05) is 5.32 Å². The molecular weight excluding hydrogens is 402 g/mol. The molecule has 110 valence electrons. The minimum Gasteiger partial charge on any atom is -0.378 e. The second-order valence-corrected chi connectivity index (χ2v) is 6.37. The number of benzene rings is 1. The highest BCUT2D eigenvalue weighted by Gasteiger charge is 2.18. The van der Waals surface area contributed by atoms with Crippen molar-refractivity contribution < 1.29 is 4.92 Å². The number of hydrogen-bond donors (Lipinski definition) is 1. The van der Waals surface area contributed by atoms with E-state index in [2.05, 4.69) is 42.2 Å². The van der Waals surface area contributed by atoms with Crippen molar-refractivity contribution in [2.45, 2.75) is 20.4 Å². The summed E-state index contributed by atoms with van der Waals surface area (Å²) in [4.78, 5) is 15.0. The van der Waals surface area contributed by atoms with Crippen molar-refractivity contribution in [2.24, 2.45) is 0 Å². The van der Waals surface area contributed by atoms with Gasteiger partial charge in [-0.2, -0.15) is 0 Å². The Hall–Kier alpha value is -1.47. The van der Waals surface area contributed by atoms with E-state index in [4.69, 9.17) is 0 Å². The highest BCUT2D eigenvalue weighted by Crippen LogP contribution is 2.28. The monoisotopic (exact) mass is 413 g/mol. The van der Waals surface area contributed by atoms with Crippen molar-refractivity contribution in [1.29, 1.82) is 0 Å². The van der Waals surface area contributed by atoms with Gasteiger partial charge in [0.2, 0.25) is 0 Å². The average molecular weight is 415 g/mol. The molecule has 2 aromatic rings. The van der Waals surface area contributed by atoms with Crippen molar-refractivity contribution in [1.82, 2.24) is 4.98 Å². The van der Waals surface area contributed by atoms with Gasteiger partial charge >= 0.3 is 0 Å². The number of pyridine rings is 1. The van der Waals surface area contributed by atoms with Gasteiger partial charge in [-0.15, -0.1) is 0 Å². The summed E-state index contributed by atoms with van der Waals surface area (Å²) < 4.78 is 1.89. The van der Waals surface area contributed by atoms with Crippen molar-refractivity contribution >= 4 is 43.2 Å². The topological polar surface area (TPSA) is 68.1 Å². The second-order valence-electron chi connectivity index (χ2n) is 4.60. The lowest BCUT2D eigenvalue weighted by Gasteiger charge is -2.11. The molecule has 0 aliphatic heterocycles. The number of nitrogens with one attached hydrogen (secondary N) is 1. The van der Waals surface area contributed by atoms with Crippen LogP contribution in [0.2, 0.25) is 0 Å². The Bertz CT molecular complexity index is 705. The van der Waals surface area contributed by atoms with Crippen LogP contribution in [-0.4, -0.2) is 9.91 Å². The van der Waals surface area contributed by atoms with Crippen molar-refractivity contribution in [3.05, 3.63) is 60.3 Å². The smallest absolute Gasteiger partial charge is 0.278 e. The number of rotatable bonds is 4. The van der Waals surface area contributed by atoms with Crippen molar-refractivity contribution in [3.8, 4) is 0 Å². The van der Waals surface area contributed by atoms with Crippen LogP contribution in [-0.2, 0) is 6.54 Å². The van der Waals surface area contributed by atoms with Gasteiger partial charge in [0.15, 0.2) is 0 Å². The molecular formula is C14H13Br2N3O2. The molecule has 5 nitrogen and oxygen atoms in total. The normalized spacial score (nSPS) is 10.5. The number of aryl methyl sites for hydroxylation is 1. The highest BCUT2D eigenvalue weighted by atomic mass is 79.9. The van der Waals surface area contributed by atoms with Crippen LogP contribution in [0.4, 0.5) is 11.4 Å². The van der Waals surface area contributed by atoms with Crippen LogP contribution in [0.1, 0.15) is 16.8 Å². The minimum atomic E-state index is -0.356. The van der Waals surface area contributed by atoms with Crippen LogP contribution in [0, 0.1) is 24.0 Å². The van der Waals surface area contributed by atoms with Crippen LogP contribution in [0.15, 0.2) is 33.3 Å². The number of halogens is 2. The molecule has 0 spiro atoms. The third kappa shape index (κ3) is 3.59. The van der Waals surface area contributed by atoms with E-state index in [-0.39, 0.29) is 10.6 Å². The number of hydrogen-bond acceptors (Lipinski definition) is 4. The molecule has 0 unspecified atom stereocenters. The Morgan fingerprint density at radius 1 is 1.33 bits per heavy atom. The van der Waals surface area contributed by atoms with Crippen LogP contribution in [0.25, 0.3) is 0 Å². The average Bonchev–Trinajstić information content (AvgIpc) is 2.39. The molecule has 1 aromatic carbocycles. The van der Waals surface area contributed by atoms with E-state index in [1.807, 2.05) is 18.2 Å². The molecule has 0 radical (unpaired) electrons. The van der Waals surface area contributed by atoms with Gasteiger partial charge < -0.3 is 5.32 Å². The first-order valence-electron chi connectivity index (χ1n) is 6.18. The lowest BCUT2D eigenvalue weighted by Crippen LogP contribution is -2.07. The van der Waals surface area contributed by atoms with Gasteiger partial charge in [-0.25, -0.2) is 0 Å². The molecule has 7 heteroatoms. The van der Waals surface area contributed by atoms with Crippen LogP contribution in [0.5, 0.6) is 0 Å². The second kappa shape index (κ2) is 6.53. The third-order valence-electron chi connectivity index (χ3n) is 3.14. The Balaban J connectivity index is 2.24. The summed E-state index contributed by atoms with van der Waals surface area (Å²) in [5, 5.41) is 14.3. The summed E-state index contributed by atoms with van der Waals surface area (Å²) in [6, 6.07) is 5.78. The fourth-order valence-corrected chi connectivity index (χ4v) is 3.22. The fourth-order valence-electron chi connectivity index (χ4n) is 2.04. The first-order valence-corrected chi connectivity index (χ1v) is 7.77. The number of anilines is 1. The zero-order chi connectivity index (χ0) is 15.6. The molecule has 2 rings (SSSR count). The maximum Gasteiger partial charge on any atom is 0.278 e. The maximum atomic E-state index is 11.1. The number of nitro groups is 1. The molecule has 0 atom stereocenters. The Morgan fingerprint density at radius 3 is 2.67 bits per heavy atom. The van der Waals surface area contributed by atoms with E-state index < -0.39 is 0 Å². The first kappa shape index (κ1) is 15.9. The van der Waals surface area contributed by atoms with Gasteiger partial charge in [0.25, 0.3) is 5.69 Å². The summed E-state index contributed by atoms with van der Waals surface area (Å²) >= 11 is 6.86. The van der Waals surface area contributed by atoms with E-state index in [9.17, 15) is 10.1 Å². The predicted molar refractivity (Wildman–Crippen MR) is 89.5 cm³/mol. The van der Waals surface area contributed by atoms with Crippen LogP contribution in [0.3, 0.4) is 0 Å². The van der Waals surface area contributed by atoms with Gasteiger partial charge in [0.05, 0.1) is 22.7 Å². The molecule has 0 aliphatic rings. The van der Waals surface area contributed by atoms with E-state index in [1.165, 1.54) is 0 Å². The standard InChI is InChI=1S/C14H13Br2N3O2/c1-8-6-17-13(9(2)14(8)19(20)21)7-18-12-4-3-10(15)5-11(12)16/h3-6,18H,7H2,1-2H3. The first-order chi connectivity index (χ1) is 9.90. The fraction of sp³-hybridized carbons (Fsp3) is 0.214. The third-order valence-corrected chi connectivity index (χ3v) is 4.28. The van der Waals surface area contributed by atoms with E-state index in [0.717, 1.165) is 14.6 Å². The number of aromatic nitrogens is 1. The van der Waals surface area contributed by atoms with Crippen LogP contribution < -0.4 is 5.32 Å². The summed E-state index contributed by atoms with van der Waals surface area (Å²) in [5.41, 5.74) is 2.88. The Kier molecular flexibility index (Phi) is 4.95. The van der Waals surface area contributed by atoms with E-state index >= 15 is 0 Å². The van der Waals surface area contributed by atoms with Gasteiger partial charge in [0.1, 0.15) is 0 Å². The molecule has 0 aliphatic carbocycles. The zero-order valence-corrected chi connectivity index (χ0v) is 14.7. The lowest BCUT2D eigenvalue weighted by molar-refractivity contribution is -0.386. The summed E-state index contributed by atoms with van der Waals surface area (Å²) in [6.07, 6.45) is 1.54. The molecule has 0 saturated carbocycles. The van der Waals surface area contributed by atoms with Gasteiger partial charge in [-0.3, -0.25) is 15.1 Å². The summed E-state index contributed by atoms with van der Waals surface area (Å²) in [6.45, 7) is 3.85. The number of nitrogens with zero attached hydrogens (tertiary/aromatic N) is 2. The molecule has 21 heavy (non-hydrogen) atoms. The minimum absolute atomic E-state index is 0.136. The molecule has 0 amide bonds. The Morgan fingerprint density at radius 2 is 2.05 bits per heavy atom. The largest absolute Gasteiger partial charge is 0.378 e. The van der Waals surface area contributed by atoms with Gasteiger partial charge in [-0.1, -0.05) is 15.9 Å². The summed E-state index contributed by atoms with van der Waals surface area (Å²) in [7, 11) is 0. The predicted octanol–water partition coefficient (Wildman–Crippen LogP) is 4.74. The Labute approximate surface area is 139 Å². The maximum absolute atomic E-state index is 11.1. The zero-order valence-electron chi connectivity index (χ0n) is 11.5. The van der Waals surface area contributed by atoms with E-state index in [1.54, 1.807) is 20.0 Å². The van der Waals surface area contributed by atoms with E-state index in [0.29, 0.717) is 23.4 Å². The SMILES string of the molecule is Cc1cnc(CNc2ccc(Br)cc2Br)c(C)c1[N+](=O)[O-]. The highest BCUT2D eigenvalue weighted by molar-refractivity contribution is 9.11. The quantitative estimate of drug-likeness (QED) is 0.579. The molecule has 0 fully saturated rings. The molecule has 1 N–H and O–H groups in total. The molecule has 0 bridgehead atoms. The van der Waals surface area contributed by atoms with Gasteiger partial charge in [-0.05, 0) is 48.0 Å². The lowest BCUT2D eigenvalue weighted by atomic mass is 10.1. The summed E-state index contributed by atoms with van der Waals surface area (Å²) in [5.74, 6) is 0. The van der Waals surface area contributed by atoms with Crippen LogP contribution >= 0.6 is 31.9 Å². The molecule has 1 heterocycles.